The SMILES string of the molecule is COC(=O)c1cccc(NC(=O)c2cccc(NC3=C(Cl)C(=O)N(C4CCCCC4)C3=O)c2)c1. The van der Waals surface area contributed by atoms with Crippen LogP contribution >= 0.6 is 11.6 Å². The number of nitrogens with one attached hydrogen (secondary N) is 2. The third kappa shape index (κ3) is 4.82. The van der Waals surface area contributed by atoms with Crippen molar-refractivity contribution < 1.29 is 23.9 Å². The van der Waals surface area contributed by atoms with E-state index in [1.54, 1.807) is 42.5 Å². The van der Waals surface area contributed by atoms with Gasteiger partial charge in [0.25, 0.3) is 17.7 Å². The molecule has 34 heavy (non-hydrogen) atoms. The first-order valence-corrected chi connectivity index (χ1v) is 11.4. The largest absolute Gasteiger partial charge is 0.465 e. The molecule has 1 saturated carbocycles. The molecule has 1 aliphatic heterocycles. The second-order valence-corrected chi connectivity index (χ2v) is 8.57. The molecule has 1 aliphatic carbocycles. The van der Waals surface area contributed by atoms with Gasteiger partial charge < -0.3 is 15.4 Å². The Kier molecular flexibility index (Phi) is 6.98. The van der Waals surface area contributed by atoms with Gasteiger partial charge >= 0.3 is 5.97 Å². The first kappa shape index (κ1) is 23.5. The number of ether oxygens (including phenoxy) is 1. The number of imide groups is 1. The summed E-state index contributed by atoms with van der Waals surface area (Å²) in [6.07, 6.45) is 4.61. The average molecular weight is 482 g/mol. The highest BCUT2D eigenvalue weighted by molar-refractivity contribution is 6.48. The van der Waals surface area contributed by atoms with Crippen LogP contribution in [-0.4, -0.2) is 41.7 Å². The van der Waals surface area contributed by atoms with E-state index in [0.717, 1.165) is 32.1 Å². The quantitative estimate of drug-likeness (QED) is 0.471. The molecule has 0 bridgehead atoms. The molecule has 1 fully saturated rings. The molecule has 0 saturated heterocycles. The van der Waals surface area contributed by atoms with E-state index < -0.39 is 23.7 Å². The van der Waals surface area contributed by atoms with E-state index in [1.807, 2.05) is 0 Å². The predicted octanol–water partition coefficient (Wildman–Crippen LogP) is 4.29. The number of methoxy groups -OCH3 is 1. The normalized spacial score (nSPS) is 16.6. The highest BCUT2D eigenvalue weighted by Gasteiger charge is 2.42. The Morgan fingerprint density at radius 3 is 2.29 bits per heavy atom. The molecule has 2 aliphatic rings. The number of amides is 3. The Balaban J connectivity index is 1.48. The molecule has 0 unspecified atom stereocenters. The molecule has 0 radical (unpaired) electrons. The van der Waals surface area contributed by atoms with Crippen molar-refractivity contribution in [2.45, 2.75) is 38.1 Å². The summed E-state index contributed by atoms with van der Waals surface area (Å²) in [6, 6.07) is 12.7. The van der Waals surface area contributed by atoms with Crippen molar-refractivity contribution in [2.75, 3.05) is 17.7 Å². The third-order valence-corrected chi connectivity index (χ3v) is 6.28. The van der Waals surface area contributed by atoms with Gasteiger partial charge in [-0.05, 0) is 49.2 Å². The highest BCUT2D eigenvalue weighted by Crippen LogP contribution is 2.32. The second-order valence-electron chi connectivity index (χ2n) is 8.19. The van der Waals surface area contributed by atoms with Crippen molar-refractivity contribution in [3.8, 4) is 0 Å². The fraction of sp³-hybridized carbons (Fsp3) is 0.280. The lowest BCUT2D eigenvalue weighted by Gasteiger charge is -2.29. The maximum atomic E-state index is 13.0. The zero-order valence-corrected chi connectivity index (χ0v) is 19.4. The Hall–Kier alpha value is -3.65. The number of esters is 1. The lowest BCUT2D eigenvalue weighted by molar-refractivity contribution is -0.140. The van der Waals surface area contributed by atoms with Crippen LogP contribution in [0.25, 0.3) is 0 Å². The summed E-state index contributed by atoms with van der Waals surface area (Å²) in [7, 11) is 1.28. The van der Waals surface area contributed by atoms with Crippen LogP contribution in [0.2, 0.25) is 0 Å². The summed E-state index contributed by atoms with van der Waals surface area (Å²) >= 11 is 6.24. The van der Waals surface area contributed by atoms with Crippen molar-refractivity contribution in [3.63, 3.8) is 0 Å². The number of hydrogen-bond donors (Lipinski definition) is 2. The number of nitrogens with zero attached hydrogens (tertiary/aromatic N) is 1. The number of anilines is 2. The van der Waals surface area contributed by atoms with Crippen molar-refractivity contribution in [3.05, 3.63) is 70.4 Å². The summed E-state index contributed by atoms with van der Waals surface area (Å²) in [5.74, 6) is -1.86. The van der Waals surface area contributed by atoms with Gasteiger partial charge in [-0.1, -0.05) is 43.0 Å². The smallest absolute Gasteiger partial charge is 0.337 e. The van der Waals surface area contributed by atoms with Crippen LogP contribution < -0.4 is 10.6 Å². The molecule has 2 N–H and O–H groups in total. The zero-order chi connectivity index (χ0) is 24.2. The van der Waals surface area contributed by atoms with Crippen LogP contribution in [0.5, 0.6) is 0 Å². The van der Waals surface area contributed by atoms with Crippen LogP contribution in [-0.2, 0) is 14.3 Å². The van der Waals surface area contributed by atoms with Crippen molar-refractivity contribution in [1.29, 1.82) is 0 Å². The summed E-state index contributed by atoms with van der Waals surface area (Å²) in [5.41, 5.74) is 1.50. The zero-order valence-electron chi connectivity index (χ0n) is 18.6. The van der Waals surface area contributed by atoms with Gasteiger partial charge in [-0.3, -0.25) is 19.3 Å². The fourth-order valence-electron chi connectivity index (χ4n) is 4.23. The topological polar surface area (TPSA) is 105 Å². The lowest BCUT2D eigenvalue weighted by atomic mass is 9.94. The van der Waals surface area contributed by atoms with E-state index in [-0.39, 0.29) is 16.8 Å². The van der Waals surface area contributed by atoms with Crippen LogP contribution in [0.3, 0.4) is 0 Å². The predicted molar refractivity (Wildman–Crippen MR) is 127 cm³/mol. The molecule has 2 aromatic carbocycles. The Labute approximate surface area is 201 Å². The summed E-state index contributed by atoms with van der Waals surface area (Å²) in [5, 5.41) is 5.51. The number of carbonyl (C=O) groups is 4. The number of rotatable bonds is 6. The standard InChI is InChI=1S/C25H24ClN3O5/c1-34-25(33)16-8-6-10-18(14-16)28-22(30)15-7-5-9-17(13-15)27-21-20(26)23(31)29(24(21)32)19-11-3-2-4-12-19/h5-10,13-14,19,27H,2-4,11-12H2,1H3,(H,28,30). The minimum atomic E-state index is -0.509. The maximum Gasteiger partial charge on any atom is 0.337 e. The Bertz CT molecular complexity index is 1190. The molecule has 4 rings (SSSR count). The first-order chi connectivity index (χ1) is 16.4. The third-order valence-electron chi connectivity index (χ3n) is 5.93. The lowest BCUT2D eigenvalue weighted by Crippen LogP contribution is -2.42. The van der Waals surface area contributed by atoms with E-state index in [4.69, 9.17) is 16.3 Å². The molecule has 8 nitrogen and oxygen atoms in total. The Morgan fingerprint density at radius 1 is 0.941 bits per heavy atom. The molecule has 0 spiro atoms. The number of benzene rings is 2. The van der Waals surface area contributed by atoms with Crippen molar-refractivity contribution >= 4 is 46.7 Å². The molecule has 2 aromatic rings. The molecular weight excluding hydrogens is 458 g/mol. The van der Waals surface area contributed by atoms with Gasteiger partial charge in [0.2, 0.25) is 0 Å². The van der Waals surface area contributed by atoms with Gasteiger partial charge in [0.05, 0.1) is 12.7 Å². The number of hydrogen-bond acceptors (Lipinski definition) is 6. The van der Waals surface area contributed by atoms with Crippen LogP contribution in [0, 0.1) is 0 Å². The van der Waals surface area contributed by atoms with Crippen molar-refractivity contribution in [1.82, 2.24) is 4.90 Å². The summed E-state index contributed by atoms with van der Waals surface area (Å²) in [6.45, 7) is 0. The van der Waals surface area contributed by atoms with E-state index in [1.165, 1.54) is 18.1 Å². The van der Waals surface area contributed by atoms with E-state index in [0.29, 0.717) is 22.5 Å². The average Bonchev–Trinajstić information content (AvgIpc) is 3.07. The van der Waals surface area contributed by atoms with Gasteiger partial charge in [-0.15, -0.1) is 0 Å². The molecule has 0 atom stereocenters. The van der Waals surface area contributed by atoms with Crippen molar-refractivity contribution in [2.24, 2.45) is 0 Å². The van der Waals surface area contributed by atoms with Gasteiger partial charge in [0.1, 0.15) is 10.7 Å². The summed E-state index contributed by atoms with van der Waals surface area (Å²) in [4.78, 5) is 51.4. The molecule has 3 amide bonds. The molecule has 0 aromatic heterocycles. The van der Waals surface area contributed by atoms with Gasteiger partial charge in [0.15, 0.2) is 0 Å². The minimum Gasteiger partial charge on any atom is -0.465 e. The molecular formula is C25H24ClN3O5. The minimum absolute atomic E-state index is 0.0144. The summed E-state index contributed by atoms with van der Waals surface area (Å²) < 4.78 is 4.70. The van der Waals surface area contributed by atoms with Gasteiger partial charge in [0, 0.05) is 23.0 Å². The van der Waals surface area contributed by atoms with Gasteiger partial charge in [-0.25, -0.2) is 4.79 Å². The Morgan fingerprint density at radius 2 is 1.59 bits per heavy atom. The van der Waals surface area contributed by atoms with Crippen LogP contribution in [0.1, 0.15) is 52.8 Å². The van der Waals surface area contributed by atoms with E-state index >= 15 is 0 Å². The van der Waals surface area contributed by atoms with Crippen LogP contribution in [0.15, 0.2) is 59.3 Å². The fourth-order valence-corrected chi connectivity index (χ4v) is 4.45. The van der Waals surface area contributed by atoms with E-state index in [2.05, 4.69) is 10.6 Å². The van der Waals surface area contributed by atoms with Gasteiger partial charge in [-0.2, -0.15) is 0 Å². The van der Waals surface area contributed by atoms with Crippen LogP contribution in [0.4, 0.5) is 11.4 Å². The second kappa shape index (κ2) is 10.1. The molecule has 176 valence electrons. The highest BCUT2D eigenvalue weighted by atomic mass is 35.5. The molecule has 1 heterocycles. The number of carbonyl (C=O) groups excluding carboxylic acids is 4. The molecule has 9 heteroatoms. The van der Waals surface area contributed by atoms with E-state index in [9.17, 15) is 19.2 Å². The monoisotopic (exact) mass is 481 g/mol. The first-order valence-electron chi connectivity index (χ1n) is 11.0. The number of halogens is 1. The maximum absolute atomic E-state index is 13.0.